The minimum absolute atomic E-state index is 0.0621. The van der Waals surface area contributed by atoms with Gasteiger partial charge in [0.2, 0.25) is 5.90 Å². The molecule has 2 atom stereocenters. The monoisotopic (exact) mass is 656 g/mol. The zero-order valence-corrected chi connectivity index (χ0v) is 27.7. The van der Waals surface area contributed by atoms with Crippen molar-refractivity contribution in [2.75, 3.05) is 27.4 Å². The fourth-order valence-electron chi connectivity index (χ4n) is 6.09. The van der Waals surface area contributed by atoms with E-state index in [1.807, 2.05) is 103 Å². The minimum atomic E-state index is -1.35. The van der Waals surface area contributed by atoms with Gasteiger partial charge in [0.15, 0.2) is 23.1 Å². The van der Waals surface area contributed by atoms with Crippen molar-refractivity contribution in [3.63, 3.8) is 0 Å². The summed E-state index contributed by atoms with van der Waals surface area (Å²) >= 11 is 0. The van der Waals surface area contributed by atoms with Gasteiger partial charge in [-0.2, -0.15) is 0 Å². The number of aliphatic hydroxyl groups is 1. The van der Waals surface area contributed by atoms with Crippen molar-refractivity contribution in [1.82, 2.24) is 5.32 Å². The molecule has 0 bridgehead atoms. The Hall–Kier alpha value is -5.60. The van der Waals surface area contributed by atoms with Gasteiger partial charge in [-0.1, -0.05) is 97.1 Å². The van der Waals surface area contributed by atoms with Crippen LogP contribution in [0.15, 0.2) is 132 Å². The number of hydrogen-bond donors (Lipinski definition) is 2. The molecule has 1 heterocycles. The van der Waals surface area contributed by atoms with Crippen LogP contribution in [-0.4, -0.2) is 49.9 Å². The van der Waals surface area contributed by atoms with E-state index in [9.17, 15) is 4.79 Å². The lowest BCUT2D eigenvalue weighted by molar-refractivity contribution is -0.129. The van der Waals surface area contributed by atoms with E-state index in [-0.39, 0.29) is 19.1 Å². The molecule has 8 heteroatoms. The summed E-state index contributed by atoms with van der Waals surface area (Å²) < 4.78 is 23.6. The third kappa shape index (κ3) is 7.45. The molecule has 8 nitrogen and oxygen atoms in total. The van der Waals surface area contributed by atoms with Crippen molar-refractivity contribution in [2.45, 2.75) is 31.0 Å². The average Bonchev–Trinajstić information content (AvgIpc) is 3.55. The number of aliphatic imine (C=N–C) groups is 1. The molecule has 0 aliphatic carbocycles. The summed E-state index contributed by atoms with van der Waals surface area (Å²) in [6, 6.07) is 41.2. The van der Waals surface area contributed by atoms with Crippen LogP contribution < -0.4 is 19.5 Å². The minimum Gasteiger partial charge on any atom is -0.494 e. The highest BCUT2D eigenvalue weighted by atomic mass is 16.5. The molecule has 5 aromatic carbocycles. The first-order valence-corrected chi connectivity index (χ1v) is 16.3. The van der Waals surface area contributed by atoms with Crippen molar-refractivity contribution in [2.24, 2.45) is 4.99 Å². The van der Waals surface area contributed by atoms with E-state index in [4.69, 9.17) is 29.0 Å². The number of methoxy groups -OCH3 is 2. The molecule has 5 aromatic rings. The highest BCUT2D eigenvalue weighted by molar-refractivity contribution is 6.01. The topological polar surface area (TPSA) is 98.6 Å². The number of rotatable bonds is 14. The summed E-state index contributed by atoms with van der Waals surface area (Å²) in [4.78, 5) is 19.9. The number of benzene rings is 5. The van der Waals surface area contributed by atoms with Gasteiger partial charge in [0.25, 0.3) is 5.91 Å². The van der Waals surface area contributed by atoms with Crippen LogP contribution in [0.4, 0.5) is 0 Å². The van der Waals surface area contributed by atoms with E-state index in [0.717, 1.165) is 33.4 Å². The highest BCUT2D eigenvalue weighted by Crippen LogP contribution is 2.43. The van der Waals surface area contributed by atoms with Crippen LogP contribution in [-0.2, 0) is 22.5 Å². The van der Waals surface area contributed by atoms with E-state index in [0.29, 0.717) is 42.6 Å². The van der Waals surface area contributed by atoms with Crippen LogP contribution in [0.3, 0.4) is 0 Å². The van der Waals surface area contributed by atoms with Crippen LogP contribution in [0.25, 0.3) is 11.1 Å². The van der Waals surface area contributed by atoms with Gasteiger partial charge in [-0.15, -0.1) is 0 Å². The number of carbonyl (C=O) groups is 1. The third-order valence-electron chi connectivity index (χ3n) is 8.59. The average molecular weight is 657 g/mol. The molecule has 49 heavy (non-hydrogen) atoms. The molecule has 0 fully saturated rings. The zero-order valence-electron chi connectivity index (χ0n) is 27.7. The Bertz CT molecular complexity index is 1860. The van der Waals surface area contributed by atoms with Crippen LogP contribution in [0.2, 0.25) is 0 Å². The number of para-hydroxylation sites is 1. The fourth-order valence-corrected chi connectivity index (χ4v) is 6.09. The molecule has 0 spiro atoms. The molecule has 0 unspecified atom stereocenters. The summed E-state index contributed by atoms with van der Waals surface area (Å²) in [5.74, 6) is 1.90. The smallest absolute Gasteiger partial charge is 0.252 e. The quantitative estimate of drug-likeness (QED) is 0.126. The summed E-state index contributed by atoms with van der Waals surface area (Å²) in [6.07, 6.45) is 0.104. The molecule has 0 radical (unpaired) electrons. The van der Waals surface area contributed by atoms with Crippen molar-refractivity contribution in [3.05, 3.63) is 150 Å². The molecule has 2 N–H and O–H groups in total. The summed E-state index contributed by atoms with van der Waals surface area (Å²) in [5.41, 5.74) is 4.07. The van der Waals surface area contributed by atoms with Gasteiger partial charge in [-0.25, -0.2) is 4.99 Å². The van der Waals surface area contributed by atoms with Gasteiger partial charge in [-0.05, 0) is 52.6 Å². The number of hydrogen-bond acceptors (Lipinski definition) is 7. The predicted molar refractivity (Wildman–Crippen MR) is 190 cm³/mol. The van der Waals surface area contributed by atoms with Gasteiger partial charge in [0.05, 0.1) is 20.8 Å². The van der Waals surface area contributed by atoms with Crippen molar-refractivity contribution < 1.29 is 28.8 Å². The van der Waals surface area contributed by atoms with Gasteiger partial charge in [0.1, 0.15) is 5.75 Å². The lowest BCUT2D eigenvalue weighted by Gasteiger charge is -2.31. The first kappa shape index (κ1) is 33.3. The number of amides is 1. The lowest BCUT2D eigenvalue weighted by Crippen LogP contribution is -2.49. The van der Waals surface area contributed by atoms with E-state index < -0.39 is 11.6 Å². The van der Waals surface area contributed by atoms with Gasteiger partial charge in [-0.3, -0.25) is 4.79 Å². The SMILES string of the molecule is COc1cccc(CNC(=O)[C@]2(Cc3ccccc3)N=C(c3ccc(OCCCO)cc3)O[C@@H]2c2ccc(-c3ccccc3)cc2)c1OC. The second-order valence-corrected chi connectivity index (χ2v) is 11.8. The molecule has 0 aromatic heterocycles. The van der Waals surface area contributed by atoms with E-state index >= 15 is 0 Å². The number of nitrogens with zero attached hydrogens (tertiary/aromatic N) is 1. The van der Waals surface area contributed by atoms with Crippen LogP contribution in [0, 0.1) is 0 Å². The Morgan fingerprint density at radius 3 is 2.14 bits per heavy atom. The Labute approximate surface area is 287 Å². The second-order valence-electron chi connectivity index (χ2n) is 11.8. The van der Waals surface area contributed by atoms with Gasteiger partial charge >= 0.3 is 0 Å². The molecular weight excluding hydrogens is 616 g/mol. The van der Waals surface area contributed by atoms with Crippen molar-refractivity contribution >= 4 is 11.8 Å². The largest absolute Gasteiger partial charge is 0.494 e. The summed E-state index contributed by atoms with van der Waals surface area (Å²) in [5, 5.41) is 12.3. The molecule has 250 valence electrons. The first-order valence-electron chi connectivity index (χ1n) is 16.3. The molecule has 6 rings (SSSR count). The maximum absolute atomic E-state index is 14.7. The summed E-state index contributed by atoms with van der Waals surface area (Å²) in [6.45, 7) is 0.666. The molecule has 1 amide bonds. The zero-order chi connectivity index (χ0) is 34.1. The Morgan fingerprint density at radius 2 is 1.47 bits per heavy atom. The normalized spacial score (nSPS) is 16.7. The van der Waals surface area contributed by atoms with Crippen molar-refractivity contribution in [1.29, 1.82) is 0 Å². The molecule has 1 aliphatic rings. The van der Waals surface area contributed by atoms with Gasteiger partial charge in [0, 0.05) is 37.1 Å². The first-order chi connectivity index (χ1) is 24.0. The number of aliphatic hydroxyl groups excluding tert-OH is 1. The van der Waals surface area contributed by atoms with E-state index in [1.165, 1.54) is 0 Å². The Balaban J connectivity index is 1.40. The second kappa shape index (κ2) is 15.5. The summed E-state index contributed by atoms with van der Waals surface area (Å²) in [7, 11) is 3.17. The van der Waals surface area contributed by atoms with Crippen LogP contribution >= 0.6 is 0 Å². The fraction of sp³-hybridized carbons (Fsp3) is 0.220. The number of nitrogens with one attached hydrogen (secondary N) is 1. The molecular formula is C41H40N2O6. The maximum Gasteiger partial charge on any atom is 0.252 e. The maximum atomic E-state index is 14.7. The third-order valence-corrected chi connectivity index (χ3v) is 8.59. The molecule has 1 aliphatic heterocycles. The highest BCUT2D eigenvalue weighted by Gasteiger charge is 2.53. The number of ether oxygens (including phenoxy) is 4. The Morgan fingerprint density at radius 1 is 0.796 bits per heavy atom. The molecule has 0 saturated heterocycles. The van der Waals surface area contributed by atoms with E-state index in [2.05, 4.69) is 29.6 Å². The van der Waals surface area contributed by atoms with Crippen LogP contribution in [0.1, 0.15) is 34.8 Å². The van der Waals surface area contributed by atoms with Gasteiger partial charge < -0.3 is 29.4 Å². The molecule has 0 saturated carbocycles. The lowest BCUT2D eigenvalue weighted by atomic mass is 9.81. The van der Waals surface area contributed by atoms with Crippen molar-refractivity contribution in [3.8, 4) is 28.4 Å². The Kier molecular flexibility index (Phi) is 10.6. The van der Waals surface area contributed by atoms with Crippen LogP contribution in [0.5, 0.6) is 17.2 Å². The standard InChI is InChI=1S/C41H40N2O6/c1-46-36-16-9-15-34(37(36)47-2)28-42-40(45)41(27-29-11-5-3-6-12-29)38(32-19-17-31(18-20-32)30-13-7-4-8-14-30)49-39(43-41)33-21-23-35(24-22-33)48-26-10-25-44/h3-9,11-24,38,44H,10,25-28H2,1-2H3,(H,42,45)/t38-,41-/m1/s1. The van der Waals surface area contributed by atoms with E-state index in [1.54, 1.807) is 14.2 Å². The predicted octanol–water partition coefficient (Wildman–Crippen LogP) is 6.95. The number of carbonyl (C=O) groups excluding carboxylic acids is 1.